The molecule has 16 heavy (non-hydrogen) atoms. The summed E-state index contributed by atoms with van der Waals surface area (Å²) < 4.78 is 0. The smallest absolute Gasteiger partial charge is 0.205 e. The maximum atomic E-state index is 4.12. The Bertz CT molecular complexity index is 327. The Kier molecular flexibility index (Phi) is 3.79. The van der Waals surface area contributed by atoms with Gasteiger partial charge in [0.25, 0.3) is 0 Å². The van der Waals surface area contributed by atoms with Gasteiger partial charge in [-0.2, -0.15) is 0 Å². The molecule has 0 amide bonds. The van der Waals surface area contributed by atoms with Crippen molar-refractivity contribution in [1.29, 1.82) is 0 Å². The maximum Gasteiger partial charge on any atom is 0.205 e. The van der Waals surface area contributed by atoms with Crippen LogP contribution in [0.15, 0.2) is 0 Å². The fourth-order valence-electron chi connectivity index (χ4n) is 2.46. The van der Waals surface area contributed by atoms with E-state index in [0.717, 1.165) is 22.0 Å². The van der Waals surface area contributed by atoms with Gasteiger partial charge >= 0.3 is 0 Å². The molecule has 0 aromatic carbocycles. The van der Waals surface area contributed by atoms with Crippen LogP contribution in [0.4, 0.5) is 5.13 Å². The van der Waals surface area contributed by atoms with Gasteiger partial charge in [0.05, 0.1) is 0 Å². The van der Waals surface area contributed by atoms with Gasteiger partial charge in [0.1, 0.15) is 5.01 Å². The number of hydrogen-bond donors (Lipinski definition) is 1. The minimum atomic E-state index is 0.613. The molecule has 0 saturated heterocycles. The molecule has 0 unspecified atom stereocenters. The highest BCUT2D eigenvalue weighted by atomic mass is 32.1. The Balaban J connectivity index is 1.81. The second kappa shape index (κ2) is 5.13. The summed E-state index contributed by atoms with van der Waals surface area (Å²) in [5, 5.41) is 13.7. The van der Waals surface area contributed by atoms with Gasteiger partial charge in [0, 0.05) is 6.04 Å². The predicted molar refractivity (Wildman–Crippen MR) is 68.9 cm³/mol. The normalized spacial score (nSPS) is 26.0. The van der Waals surface area contributed by atoms with Crippen molar-refractivity contribution in [3.8, 4) is 0 Å². The summed E-state index contributed by atoms with van der Waals surface area (Å²) in [4.78, 5) is 0. The van der Waals surface area contributed by atoms with Crippen LogP contribution in [0.2, 0.25) is 0 Å². The molecule has 1 aromatic rings. The van der Waals surface area contributed by atoms with Crippen molar-refractivity contribution in [3.63, 3.8) is 0 Å². The second-order valence-electron chi connectivity index (χ2n) is 5.13. The van der Waals surface area contributed by atoms with Crippen LogP contribution in [0.3, 0.4) is 0 Å². The molecule has 1 aliphatic carbocycles. The lowest BCUT2D eigenvalue weighted by atomic mass is 9.80. The third-order valence-electron chi connectivity index (χ3n) is 3.57. The molecule has 2 rings (SSSR count). The molecule has 1 fully saturated rings. The maximum absolute atomic E-state index is 4.12. The van der Waals surface area contributed by atoms with Crippen LogP contribution in [-0.4, -0.2) is 16.2 Å². The standard InChI is InChI=1S/C12H21N3S/c1-8(2)10-4-6-11(7-5-10)13-12-15-14-9(3)16-12/h8,10-11H,4-7H2,1-3H3,(H,13,15). The number of nitrogens with one attached hydrogen (secondary N) is 1. The van der Waals surface area contributed by atoms with E-state index in [1.165, 1.54) is 25.7 Å². The molecular weight excluding hydrogens is 218 g/mol. The van der Waals surface area contributed by atoms with Gasteiger partial charge in [-0.3, -0.25) is 0 Å². The summed E-state index contributed by atoms with van der Waals surface area (Å²) in [5.41, 5.74) is 0. The summed E-state index contributed by atoms with van der Waals surface area (Å²) >= 11 is 1.66. The van der Waals surface area contributed by atoms with E-state index >= 15 is 0 Å². The van der Waals surface area contributed by atoms with Crippen LogP contribution >= 0.6 is 11.3 Å². The third kappa shape index (κ3) is 2.94. The molecule has 4 heteroatoms. The molecule has 0 radical (unpaired) electrons. The first-order chi connectivity index (χ1) is 7.65. The lowest BCUT2D eigenvalue weighted by molar-refractivity contribution is 0.267. The number of anilines is 1. The van der Waals surface area contributed by atoms with Crippen molar-refractivity contribution in [2.75, 3.05) is 5.32 Å². The van der Waals surface area contributed by atoms with Crippen molar-refractivity contribution in [3.05, 3.63) is 5.01 Å². The Morgan fingerprint density at radius 2 is 1.88 bits per heavy atom. The third-order valence-corrected chi connectivity index (χ3v) is 4.34. The Hall–Kier alpha value is -0.640. The molecule has 3 nitrogen and oxygen atoms in total. The number of hydrogen-bond acceptors (Lipinski definition) is 4. The molecule has 1 aromatic heterocycles. The molecule has 1 N–H and O–H groups in total. The first-order valence-corrected chi connectivity index (χ1v) is 7.03. The van der Waals surface area contributed by atoms with E-state index in [-0.39, 0.29) is 0 Å². The molecule has 0 spiro atoms. The highest BCUT2D eigenvalue weighted by molar-refractivity contribution is 7.15. The molecule has 0 atom stereocenters. The highest BCUT2D eigenvalue weighted by Crippen LogP contribution is 2.31. The van der Waals surface area contributed by atoms with Crippen LogP contribution in [0.1, 0.15) is 44.5 Å². The topological polar surface area (TPSA) is 37.8 Å². The average Bonchev–Trinajstić information content (AvgIpc) is 2.65. The number of nitrogens with zero attached hydrogens (tertiary/aromatic N) is 2. The number of aromatic nitrogens is 2. The van der Waals surface area contributed by atoms with Crippen LogP contribution in [0.5, 0.6) is 0 Å². The van der Waals surface area contributed by atoms with Gasteiger partial charge < -0.3 is 5.32 Å². The summed E-state index contributed by atoms with van der Waals surface area (Å²) in [6, 6.07) is 0.613. The minimum Gasteiger partial charge on any atom is -0.357 e. The lowest BCUT2D eigenvalue weighted by Crippen LogP contribution is -2.27. The van der Waals surface area contributed by atoms with E-state index in [4.69, 9.17) is 0 Å². The van der Waals surface area contributed by atoms with Crippen molar-refractivity contribution < 1.29 is 0 Å². The van der Waals surface area contributed by atoms with Crippen LogP contribution < -0.4 is 5.32 Å². The fourth-order valence-corrected chi connectivity index (χ4v) is 3.13. The van der Waals surface area contributed by atoms with E-state index in [0.29, 0.717) is 6.04 Å². The Morgan fingerprint density at radius 1 is 1.19 bits per heavy atom. The summed E-state index contributed by atoms with van der Waals surface area (Å²) in [5.74, 6) is 1.76. The molecule has 1 aliphatic rings. The van der Waals surface area contributed by atoms with Crippen molar-refractivity contribution in [2.24, 2.45) is 11.8 Å². The first-order valence-electron chi connectivity index (χ1n) is 6.22. The van der Waals surface area contributed by atoms with Gasteiger partial charge in [-0.05, 0) is 44.4 Å². The quantitative estimate of drug-likeness (QED) is 0.877. The molecule has 0 bridgehead atoms. The largest absolute Gasteiger partial charge is 0.357 e. The van der Waals surface area contributed by atoms with E-state index < -0.39 is 0 Å². The average molecular weight is 239 g/mol. The Labute approximate surface area is 102 Å². The van der Waals surface area contributed by atoms with Gasteiger partial charge in [-0.15, -0.1) is 10.2 Å². The lowest BCUT2D eigenvalue weighted by Gasteiger charge is -2.31. The predicted octanol–water partition coefficient (Wildman–Crippen LogP) is 3.47. The van der Waals surface area contributed by atoms with Crippen LogP contribution in [0, 0.1) is 18.8 Å². The van der Waals surface area contributed by atoms with E-state index in [2.05, 4.69) is 29.4 Å². The first kappa shape index (κ1) is 11.8. The minimum absolute atomic E-state index is 0.613. The van der Waals surface area contributed by atoms with E-state index in [9.17, 15) is 0 Å². The molecule has 1 saturated carbocycles. The number of rotatable bonds is 3. The zero-order valence-electron chi connectivity index (χ0n) is 10.4. The van der Waals surface area contributed by atoms with Crippen molar-refractivity contribution in [1.82, 2.24) is 10.2 Å². The Morgan fingerprint density at radius 3 is 2.38 bits per heavy atom. The second-order valence-corrected chi connectivity index (χ2v) is 6.31. The molecule has 90 valence electrons. The van der Waals surface area contributed by atoms with Gasteiger partial charge in [0.15, 0.2) is 0 Å². The molecule has 1 heterocycles. The van der Waals surface area contributed by atoms with Crippen molar-refractivity contribution >= 4 is 16.5 Å². The molecular formula is C12H21N3S. The zero-order valence-corrected chi connectivity index (χ0v) is 11.2. The summed E-state index contributed by atoms with van der Waals surface area (Å²) in [6.45, 7) is 6.68. The van der Waals surface area contributed by atoms with Gasteiger partial charge in [0.2, 0.25) is 5.13 Å². The zero-order chi connectivity index (χ0) is 11.5. The van der Waals surface area contributed by atoms with Crippen molar-refractivity contribution in [2.45, 2.75) is 52.5 Å². The van der Waals surface area contributed by atoms with Crippen LogP contribution in [-0.2, 0) is 0 Å². The monoisotopic (exact) mass is 239 g/mol. The number of aryl methyl sites for hydroxylation is 1. The fraction of sp³-hybridized carbons (Fsp3) is 0.833. The summed E-state index contributed by atoms with van der Waals surface area (Å²) in [6.07, 6.45) is 5.27. The highest BCUT2D eigenvalue weighted by Gasteiger charge is 2.23. The summed E-state index contributed by atoms with van der Waals surface area (Å²) in [7, 11) is 0. The van der Waals surface area contributed by atoms with Gasteiger partial charge in [-0.1, -0.05) is 25.2 Å². The SMILES string of the molecule is Cc1nnc(NC2CCC(C(C)C)CC2)s1. The van der Waals surface area contributed by atoms with E-state index in [1.54, 1.807) is 11.3 Å². The van der Waals surface area contributed by atoms with Gasteiger partial charge in [-0.25, -0.2) is 0 Å². The molecule has 0 aliphatic heterocycles. The van der Waals surface area contributed by atoms with E-state index in [1.807, 2.05) is 6.92 Å². The van der Waals surface area contributed by atoms with Crippen LogP contribution in [0.25, 0.3) is 0 Å².